The quantitative estimate of drug-likeness (QED) is 0.678. The highest BCUT2D eigenvalue weighted by Gasteiger charge is 2.27. The molecule has 4 nitrogen and oxygen atoms in total. The number of β-amino-alcohol motifs (C(OH)–C–C–N with tert-alkyl or cyclic N) is 1. The zero-order valence-electron chi connectivity index (χ0n) is 7.23. The minimum absolute atomic E-state index is 0.0358. The number of nitrogens with zero attached hydrogens (tertiary/aromatic N) is 1. The first-order valence-electron chi connectivity index (χ1n) is 4.33. The molecule has 70 valence electrons. The fraction of sp³-hybridized carbons (Fsp3) is 0.444. The third-order valence-electron chi connectivity index (χ3n) is 2.23. The lowest BCUT2D eigenvalue weighted by Crippen LogP contribution is -2.24. The Balaban J connectivity index is 1.99. The molecule has 2 N–H and O–H groups in total. The van der Waals surface area contributed by atoms with E-state index < -0.39 is 6.10 Å². The number of aromatic amines is 1. The Labute approximate surface area is 76.2 Å². The molecule has 1 aromatic heterocycles. The van der Waals surface area contributed by atoms with E-state index in [2.05, 4.69) is 4.98 Å². The summed E-state index contributed by atoms with van der Waals surface area (Å²) in [6.07, 6.45) is 3.47. The fourth-order valence-electron chi connectivity index (χ4n) is 1.58. The van der Waals surface area contributed by atoms with Gasteiger partial charge in [0.1, 0.15) is 0 Å². The van der Waals surface area contributed by atoms with E-state index in [0.717, 1.165) is 5.56 Å². The van der Waals surface area contributed by atoms with Gasteiger partial charge in [-0.3, -0.25) is 4.79 Å². The van der Waals surface area contributed by atoms with Gasteiger partial charge in [0.25, 0.3) is 0 Å². The normalized spacial score (nSPS) is 22.7. The second-order valence-electron chi connectivity index (χ2n) is 3.35. The van der Waals surface area contributed by atoms with Crippen molar-refractivity contribution >= 4 is 5.91 Å². The maximum atomic E-state index is 11.3. The van der Waals surface area contributed by atoms with Gasteiger partial charge in [-0.05, 0) is 11.6 Å². The molecule has 1 unspecified atom stereocenters. The molecule has 1 fully saturated rings. The Kier molecular flexibility index (Phi) is 2.06. The molecular weight excluding hydrogens is 168 g/mol. The molecule has 1 amide bonds. The summed E-state index contributed by atoms with van der Waals surface area (Å²) in [5, 5.41) is 9.23. The van der Waals surface area contributed by atoms with E-state index in [1.165, 1.54) is 0 Å². The predicted octanol–water partition coefficient (Wildman–Crippen LogP) is 0.108. The van der Waals surface area contributed by atoms with Gasteiger partial charge in [0.15, 0.2) is 0 Å². The van der Waals surface area contributed by atoms with Crippen molar-refractivity contribution in [3.8, 4) is 0 Å². The summed E-state index contributed by atoms with van der Waals surface area (Å²) in [7, 11) is 0. The van der Waals surface area contributed by atoms with Crippen LogP contribution in [-0.2, 0) is 11.3 Å². The van der Waals surface area contributed by atoms with Gasteiger partial charge in [-0.15, -0.1) is 0 Å². The smallest absolute Gasteiger partial charge is 0.225 e. The summed E-state index contributed by atoms with van der Waals surface area (Å²) < 4.78 is 0. The van der Waals surface area contributed by atoms with Gasteiger partial charge < -0.3 is 15.0 Å². The van der Waals surface area contributed by atoms with Crippen LogP contribution in [0, 0.1) is 0 Å². The van der Waals surface area contributed by atoms with Gasteiger partial charge >= 0.3 is 0 Å². The first-order valence-corrected chi connectivity index (χ1v) is 4.33. The van der Waals surface area contributed by atoms with Crippen molar-refractivity contribution in [1.29, 1.82) is 0 Å². The van der Waals surface area contributed by atoms with Crippen molar-refractivity contribution in [3.63, 3.8) is 0 Å². The first kappa shape index (κ1) is 8.31. The fourth-order valence-corrected chi connectivity index (χ4v) is 1.58. The number of amides is 1. The number of likely N-dealkylation sites (tertiary alicyclic amines) is 1. The number of carbonyl (C=O) groups is 1. The maximum Gasteiger partial charge on any atom is 0.225 e. The number of aliphatic hydroxyl groups is 1. The number of hydrogen-bond donors (Lipinski definition) is 2. The number of rotatable bonds is 2. The molecule has 4 heteroatoms. The van der Waals surface area contributed by atoms with Crippen LogP contribution < -0.4 is 0 Å². The standard InChI is InChI=1S/C9H12N2O2/c12-8-3-9(13)11(6-8)5-7-1-2-10-4-7/h1-2,4,8,10,12H,3,5-6H2. The highest BCUT2D eigenvalue weighted by atomic mass is 16.3. The molecule has 2 heterocycles. The summed E-state index contributed by atoms with van der Waals surface area (Å²) in [4.78, 5) is 15.9. The first-order chi connectivity index (χ1) is 6.25. The van der Waals surface area contributed by atoms with E-state index in [1.54, 1.807) is 4.90 Å². The molecule has 0 bridgehead atoms. The summed E-state index contributed by atoms with van der Waals surface area (Å²) in [5.74, 6) is 0.0358. The summed E-state index contributed by atoms with van der Waals surface area (Å²) in [5.41, 5.74) is 1.07. The van der Waals surface area contributed by atoms with Crippen molar-refractivity contribution < 1.29 is 9.90 Å². The van der Waals surface area contributed by atoms with Crippen molar-refractivity contribution in [2.24, 2.45) is 0 Å². The number of nitrogens with one attached hydrogen (secondary N) is 1. The lowest BCUT2D eigenvalue weighted by molar-refractivity contribution is -0.128. The molecule has 0 radical (unpaired) electrons. The summed E-state index contributed by atoms with van der Waals surface area (Å²) in [6, 6.07) is 1.93. The van der Waals surface area contributed by atoms with Crippen molar-refractivity contribution in [1.82, 2.24) is 9.88 Å². The number of aromatic nitrogens is 1. The lowest BCUT2D eigenvalue weighted by Gasteiger charge is -2.13. The maximum absolute atomic E-state index is 11.3. The summed E-state index contributed by atoms with van der Waals surface area (Å²) in [6.45, 7) is 1.06. The highest BCUT2D eigenvalue weighted by molar-refractivity contribution is 5.78. The van der Waals surface area contributed by atoms with E-state index in [4.69, 9.17) is 0 Å². The van der Waals surface area contributed by atoms with Crippen LogP contribution in [0.4, 0.5) is 0 Å². The van der Waals surface area contributed by atoms with Gasteiger partial charge in [0, 0.05) is 25.5 Å². The molecule has 0 saturated carbocycles. The van der Waals surface area contributed by atoms with Gasteiger partial charge in [-0.1, -0.05) is 0 Å². The molecule has 13 heavy (non-hydrogen) atoms. The monoisotopic (exact) mass is 180 g/mol. The lowest BCUT2D eigenvalue weighted by atomic mass is 10.3. The van der Waals surface area contributed by atoms with Gasteiger partial charge in [-0.2, -0.15) is 0 Å². The van der Waals surface area contributed by atoms with E-state index in [-0.39, 0.29) is 12.3 Å². The van der Waals surface area contributed by atoms with E-state index in [9.17, 15) is 9.90 Å². The van der Waals surface area contributed by atoms with Crippen LogP contribution in [0.15, 0.2) is 18.5 Å². The Morgan fingerprint density at radius 2 is 2.54 bits per heavy atom. The van der Waals surface area contributed by atoms with Crippen LogP contribution in [0.25, 0.3) is 0 Å². The van der Waals surface area contributed by atoms with Crippen molar-refractivity contribution in [2.45, 2.75) is 19.1 Å². The minimum Gasteiger partial charge on any atom is -0.391 e. The number of carbonyl (C=O) groups excluding carboxylic acids is 1. The second-order valence-corrected chi connectivity index (χ2v) is 3.35. The number of hydrogen-bond acceptors (Lipinski definition) is 2. The zero-order chi connectivity index (χ0) is 9.26. The molecule has 1 aliphatic rings. The largest absolute Gasteiger partial charge is 0.391 e. The third-order valence-corrected chi connectivity index (χ3v) is 2.23. The van der Waals surface area contributed by atoms with Crippen LogP contribution in [-0.4, -0.2) is 33.5 Å². The molecular formula is C9H12N2O2. The SMILES string of the molecule is O=C1CC(O)CN1Cc1cc[nH]c1. The molecule has 0 spiro atoms. The van der Waals surface area contributed by atoms with Crippen LogP contribution in [0.2, 0.25) is 0 Å². The highest BCUT2D eigenvalue weighted by Crippen LogP contribution is 2.14. The second kappa shape index (κ2) is 3.22. The Morgan fingerprint density at radius 3 is 3.08 bits per heavy atom. The number of H-pyrrole nitrogens is 1. The predicted molar refractivity (Wildman–Crippen MR) is 46.8 cm³/mol. The third kappa shape index (κ3) is 1.72. The Bertz CT molecular complexity index is 295. The van der Waals surface area contributed by atoms with Crippen LogP contribution in [0.5, 0.6) is 0 Å². The van der Waals surface area contributed by atoms with Crippen molar-refractivity contribution in [3.05, 3.63) is 24.0 Å². The Morgan fingerprint density at radius 1 is 1.69 bits per heavy atom. The molecule has 1 aromatic rings. The van der Waals surface area contributed by atoms with Crippen LogP contribution in [0.1, 0.15) is 12.0 Å². The van der Waals surface area contributed by atoms with E-state index >= 15 is 0 Å². The molecule has 1 aliphatic heterocycles. The molecule has 1 saturated heterocycles. The van der Waals surface area contributed by atoms with E-state index in [1.807, 2.05) is 18.5 Å². The molecule has 0 aliphatic carbocycles. The van der Waals surface area contributed by atoms with Crippen LogP contribution in [0.3, 0.4) is 0 Å². The average molecular weight is 180 g/mol. The molecule has 0 aromatic carbocycles. The molecule has 1 atom stereocenters. The zero-order valence-corrected chi connectivity index (χ0v) is 7.23. The van der Waals surface area contributed by atoms with Crippen LogP contribution >= 0.6 is 0 Å². The number of aliphatic hydroxyl groups excluding tert-OH is 1. The average Bonchev–Trinajstić information content (AvgIpc) is 2.63. The van der Waals surface area contributed by atoms with Crippen molar-refractivity contribution in [2.75, 3.05) is 6.54 Å². The molecule has 2 rings (SSSR count). The van der Waals surface area contributed by atoms with Gasteiger partial charge in [0.2, 0.25) is 5.91 Å². The minimum atomic E-state index is -0.480. The van der Waals surface area contributed by atoms with E-state index in [0.29, 0.717) is 13.1 Å². The topological polar surface area (TPSA) is 56.3 Å². The summed E-state index contributed by atoms with van der Waals surface area (Å²) >= 11 is 0. The van der Waals surface area contributed by atoms with Gasteiger partial charge in [-0.25, -0.2) is 0 Å². The Hall–Kier alpha value is -1.29. The van der Waals surface area contributed by atoms with Gasteiger partial charge in [0.05, 0.1) is 12.5 Å².